The molecule has 0 bridgehead atoms. The van der Waals surface area contributed by atoms with Gasteiger partial charge in [-0.15, -0.1) is 10.2 Å². The van der Waals surface area contributed by atoms with Crippen molar-refractivity contribution in [3.63, 3.8) is 0 Å². The highest BCUT2D eigenvalue weighted by Gasteiger charge is 2.30. The Morgan fingerprint density at radius 3 is 2.38 bits per heavy atom. The van der Waals surface area contributed by atoms with Gasteiger partial charge in [0.15, 0.2) is 16.8 Å². The van der Waals surface area contributed by atoms with Crippen molar-refractivity contribution in [1.82, 2.24) is 10.2 Å². The number of fused-ring (bicyclic) bond motifs is 1. The van der Waals surface area contributed by atoms with E-state index in [-0.39, 0.29) is 17.4 Å². The first-order valence-electron chi connectivity index (χ1n) is 9.74. The molecule has 162 valence electrons. The van der Waals surface area contributed by atoms with E-state index in [2.05, 4.69) is 15.5 Å². The molecule has 4 rings (SSSR count). The van der Waals surface area contributed by atoms with Crippen molar-refractivity contribution in [3.8, 4) is 0 Å². The Bertz CT molecular complexity index is 1280. The summed E-state index contributed by atoms with van der Waals surface area (Å²) in [5.41, 5.74) is 0.893. The molecule has 0 spiro atoms. The minimum atomic E-state index is -4.46. The number of hydrogen-bond acceptors (Lipinski definition) is 4. The minimum absolute atomic E-state index is 0.158. The molecule has 8 heteroatoms. The number of hydrogen-bond donors (Lipinski definition) is 1. The van der Waals surface area contributed by atoms with E-state index in [1.165, 1.54) is 12.1 Å². The minimum Gasteiger partial charge on any atom is -0.364 e. The maximum Gasteiger partial charge on any atom is 0.416 e. The second-order valence-electron chi connectivity index (χ2n) is 7.24. The Labute approximate surface area is 187 Å². The number of nitrogens with zero attached hydrogens (tertiary/aromatic N) is 2. The van der Waals surface area contributed by atoms with Gasteiger partial charge < -0.3 is 5.32 Å². The lowest BCUT2D eigenvalue weighted by Gasteiger charge is -2.11. The number of alkyl halides is 3. The third kappa shape index (κ3) is 4.89. The van der Waals surface area contributed by atoms with Crippen molar-refractivity contribution < 1.29 is 18.0 Å². The van der Waals surface area contributed by atoms with Gasteiger partial charge in [0.25, 0.3) is 0 Å². The Hall–Kier alpha value is -3.45. The molecule has 0 saturated heterocycles. The lowest BCUT2D eigenvalue weighted by atomic mass is 9.99. The van der Waals surface area contributed by atoms with E-state index >= 15 is 0 Å². The molecule has 1 N–H and O–H groups in total. The van der Waals surface area contributed by atoms with E-state index in [1.807, 2.05) is 30.3 Å². The SMILES string of the molecule is O=C(Cc1cccc(C(F)(F)F)c1)c1ccc2c(Cl)nnc(NCc3ccccc3)c2c1. The van der Waals surface area contributed by atoms with Crippen molar-refractivity contribution >= 4 is 34.0 Å². The lowest BCUT2D eigenvalue weighted by molar-refractivity contribution is -0.137. The summed E-state index contributed by atoms with van der Waals surface area (Å²) in [6.45, 7) is 0.495. The van der Waals surface area contributed by atoms with Gasteiger partial charge in [-0.05, 0) is 23.3 Å². The molecule has 0 saturated carbocycles. The smallest absolute Gasteiger partial charge is 0.364 e. The number of aromatic nitrogens is 2. The summed E-state index contributed by atoms with van der Waals surface area (Å²) in [6.07, 6.45) is -4.62. The highest BCUT2D eigenvalue weighted by atomic mass is 35.5. The number of ketones is 1. The Balaban J connectivity index is 1.61. The third-order valence-corrected chi connectivity index (χ3v) is 5.26. The maximum absolute atomic E-state index is 13.0. The molecule has 0 aliphatic carbocycles. The largest absolute Gasteiger partial charge is 0.416 e. The molecule has 0 unspecified atom stereocenters. The van der Waals surface area contributed by atoms with Crippen LogP contribution in [0, 0.1) is 0 Å². The van der Waals surface area contributed by atoms with Crippen LogP contribution < -0.4 is 5.32 Å². The van der Waals surface area contributed by atoms with Crippen LogP contribution >= 0.6 is 11.6 Å². The molecule has 3 aromatic carbocycles. The van der Waals surface area contributed by atoms with Gasteiger partial charge in [0, 0.05) is 29.3 Å². The average molecular weight is 456 g/mol. The van der Waals surface area contributed by atoms with Gasteiger partial charge in [0.2, 0.25) is 0 Å². The van der Waals surface area contributed by atoms with Crippen molar-refractivity contribution in [2.45, 2.75) is 19.1 Å². The molecule has 0 aliphatic rings. The summed E-state index contributed by atoms with van der Waals surface area (Å²) < 4.78 is 38.9. The van der Waals surface area contributed by atoms with Gasteiger partial charge in [-0.1, -0.05) is 72.3 Å². The first-order valence-corrected chi connectivity index (χ1v) is 10.1. The molecule has 0 radical (unpaired) electrons. The van der Waals surface area contributed by atoms with E-state index in [1.54, 1.807) is 18.2 Å². The summed E-state index contributed by atoms with van der Waals surface area (Å²) in [4.78, 5) is 12.8. The number of rotatable bonds is 6. The zero-order valence-corrected chi connectivity index (χ0v) is 17.4. The number of benzene rings is 3. The normalized spacial score (nSPS) is 11.5. The fraction of sp³-hybridized carbons (Fsp3) is 0.125. The fourth-order valence-corrected chi connectivity index (χ4v) is 3.56. The highest BCUT2D eigenvalue weighted by Crippen LogP contribution is 2.30. The first-order chi connectivity index (χ1) is 15.3. The fourth-order valence-electron chi connectivity index (χ4n) is 3.35. The molecular weight excluding hydrogens is 439 g/mol. The Morgan fingerprint density at radius 2 is 1.62 bits per heavy atom. The van der Waals surface area contributed by atoms with Gasteiger partial charge >= 0.3 is 6.18 Å². The van der Waals surface area contributed by atoms with Crippen LogP contribution in [-0.2, 0) is 19.1 Å². The number of carbonyl (C=O) groups is 1. The summed E-state index contributed by atoms with van der Waals surface area (Å²) >= 11 is 6.18. The van der Waals surface area contributed by atoms with Gasteiger partial charge in [-0.3, -0.25) is 4.79 Å². The van der Waals surface area contributed by atoms with E-state index in [4.69, 9.17) is 11.6 Å². The summed E-state index contributed by atoms with van der Waals surface area (Å²) in [7, 11) is 0. The number of anilines is 1. The maximum atomic E-state index is 13.0. The average Bonchev–Trinajstić information content (AvgIpc) is 2.79. The molecule has 4 aromatic rings. The monoisotopic (exact) mass is 455 g/mol. The van der Waals surface area contributed by atoms with Gasteiger partial charge in [0.1, 0.15) is 0 Å². The van der Waals surface area contributed by atoms with Gasteiger partial charge in [-0.25, -0.2) is 0 Å². The number of halogens is 4. The van der Waals surface area contributed by atoms with Crippen molar-refractivity contribution in [1.29, 1.82) is 0 Å². The van der Waals surface area contributed by atoms with Crippen molar-refractivity contribution in [2.75, 3.05) is 5.32 Å². The molecular formula is C24H17ClF3N3O. The number of Topliss-reactive ketones (excluding diaryl/α,β-unsaturated/α-hetero) is 1. The van der Waals surface area contributed by atoms with Crippen LogP contribution in [0.25, 0.3) is 10.8 Å². The van der Waals surface area contributed by atoms with Crippen LogP contribution in [0.3, 0.4) is 0 Å². The third-order valence-electron chi connectivity index (χ3n) is 4.98. The summed E-state index contributed by atoms with van der Waals surface area (Å²) in [5.74, 6) is 0.148. The van der Waals surface area contributed by atoms with Crippen molar-refractivity contribution in [3.05, 3.63) is 100 Å². The standard InChI is InChI=1S/C24H17ClF3N3O/c25-22-19-10-9-17(21(32)12-16-7-4-8-18(11-16)24(26,27)28)13-20(19)23(31-30-22)29-14-15-5-2-1-3-6-15/h1-11,13H,12,14H2,(H,29,31). The van der Waals surface area contributed by atoms with Gasteiger partial charge in [-0.2, -0.15) is 13.2 Å². The second kappa shape index (κ2) is 8.96. The van der Waals surface area contributed by atoms with Crippen LogP contribution in [0.5, 0.6) is 0 Å². The quantitative estimate of drug-likeness (QED) is 0.345. The van der Waals surface area contributed by atoms with Gasteiger partial charge in [0.05, 0.1) is 5.56 Å². The zero-order chi connectivity index (χ0) is 22.7. The topological polar surface area (TPSA) is 54.9 Å². The predicted octanol–water partition coefficient (Wildman–Crippen LogP) is 6.34. The van der Waals surface area contributed by atoms with E-state index in [9.17, 15) is 18.0 Å². The predicted molar refractivity (Wildman–Crippen MR) is 118 cm³/mol. The summed E-state index contributed by atoms with van der Waals surface area (Å²) in [5, 5.41) is 12.7. The highest BCUT2D eigenvalue weighted by molar-refractivity contribution is 6.34. The van der Waals surface area contributed by atoms with Crippen LogP contribution in [0.15, 0.2) is 72.8 Å². The van der Waals surface area contributed by atoms with E-state index < -0.39 is 11.7 Å². The Kier molecular flexibility index (Phi) is 6.10. The molecule has 1 aromatic heterocycles. The second-order valence-corrected chi connectivity index (χ2v) is 7.60. The Morgan fingerprint density at radius 1 is 0.875 bits per heavy atom. The van der Waals surface area contributed by atoms with Crippen LogP contribution in [-0.4, -0.2) is 16.0 Å². The van der Waals surface area contributed by atoms with Crippen LogP contribution in [0.2, 0.25) is 5.15 Å². The molecule has 4 nitrogen and oxygen atoms in total. The molecule has 0 amide bonds. The molecule has 32 heavy (non-hydrogen) atoms. The molecule has 0 fully saturated rings. The summed E-state index contributed by atoms with van der Waals surface area (Å²) in [6, 6.07) is 19.4. The number of nitrogens with one attached hydrogen (secondary N) is 1. The first kappa shape index (κ1) is 21.8. The van der Waals surface area contributed by atoms with Crippen LogP contribution in [0.4, 0.5) is 19.0 Å². The van der Waals surface area contributed by atoms with Crippen molar-refractivity contribution in [2.24, 2.45) is 0 Å². The van der Waals surface area contributed by atoms with Crippen LogP contribution in [0.1, 0.15) is 27.0 Å². The number of carbonyl (C=O) groups excluding carboxylic acids is 1. The van der Waals surface area contributed by atoms with E-state index in [0.717, 1.165) is 17.7 Å². The lowest BCUT2D eigenvalue weighted by Crippen LogP contribution is -2.08. The molecule has 1 heterocycles. The molecule has 0 aliphatic heterocycles. The van der Waals surface area contributed by atoms with E-state index in [0.29, 0.717) is 34.3 Å². The molecule has 0 atom stereocenters. The zero-order valence-electron chi connectivity index (χ0n) is 16.7.